The predicted octanol–water partition coefficient (Wildman–Crippen LogP) is 3.15. The minimum atomic E-state index is -0.274. The molecule has 0 amide bonds. The van der Waals surface area contributed by atoms with Gasteiger partial charge in [0.15, 0.2) is 0 Å². The molecule has 0 saturated carbocycles. The van der Waals surface area contributed by atoms with Gasteiger partial charge in [0.05, 0.1) is 18.4 Å². The lowest BCUT2D eigenvalue weighted by Gasteiger charge is -2.26. The Morgan fingerprint density at radius 1 is 0.962 bits per heavy atom. The van der Waals surface area contributed by atoms with E-state index in [2.05, 4.69) is 0 Å². The molecule has 26 heavy (non-hydrogen) atoms. The van der Waals surface area contributed by atoms with Crippen molar-refractivity contribution < 1.29 is 9.47 Å². The summed E-state index contributed by atoms with van der Waals surface area (Å²) in [6.45, 7) is 2.45. The van der Waals surface area contributed by atoms with Crippen LogP contribution in [0.15, 0.2) is 54.6 Å². The number of nitrogen functional groups attached to an aromatic ring is 1. The van der Waals surface area contributed by atoms with Crippen molar-refractivity contribution in [3.05, 3.63) is 60.2 Å². The highest BCUT2D eigenvalue weighted by atomic mass is 16.5. The van der Waals surface area contributed by atoms with Gasteiger partial charge in [-0.25, -0.2) is 0 Å². The number of benzene rings is 2. The van der Waals surface area contributed by atoms with Crippen molar-refractivity contribution in [2.24, 2.45) is 17.4 Å². The predicted molar refractivity (Wildman–Crippen MR) is 104 cm³/mol. The standard InChI is InChI=1S/C20H26N4O2/c1-2-17(20(23)24)18(12-13-25-15-6-4-3-5-7-15)26-16-10-8-14(9-11-16)19(21)22/h3-11,17-18H,2,12-13H2,1H3,(H3,21,22)(H3,23,24). The van der Waals surface area contributed by atoms with Gasteiger partial charge in [0, 0.05) is 12.0 Å². The second kappa shape index (κ2) is 9.46. The van der Waals surface area contributed by atoms with Crippen molar-refractivity contribution in [2.45, 2.75) is 25.9 Å². The van der Waals surface area contributed by atoms with E-state index in [1.807, 2.05) is 37.3 Å². The summed E-state index contributed by atoms with van der Waals surface area (Å²) in [5.74, 6) is 1.38. The Labute approximate surface area is 154 Å². The lowest BCUT2D eigenvalue weighted by molar-refractivity contribution is 0.129. The van der Waals surface area contributed by atoms with Crippen LogP contribution in [0, 0.1) is 16.7 Å². The van der Waals surface area contributed by atoms with Crippen LogP contribution in [0.2, 0.25) is 0 Å². The number of hydrogen-bond donors (Lipinski definition) is 4. The van der Waals surface area contributed by atoms with Gasteiger partial charge in [-0.15, -0.1) is 0 Å². The number of nitrogens with two attached hydrogens (primary N) is 2. The lowest BCUT2D eigenvalue weighted by atomic mass is 9.95. The number of hydrogen-bond acceptors (Lipinski definition) is 4. The Hall–Kier alpha value is -3.02. The molecule has 0 radical (unpaired) electrons. The van der Waals surface area contributed by atoms with Gasteiger partial charge in [-0.3, -0.25) is 10.8 Å². The van der Waals surface area contributed by atoms with Crippen molar-refractivity contribution in [3.8, 4) is 11.5 Å². The average molecular weight is 354 g/mol. The molecule has 6 nitrogen and oxygen atoms in total. The molecule has 0 bridgehead atoms. The fourth-order valence-electron chi connectivity index (χ4n) is 2.72. The molecule has 0 aliphatic carbocycles. The van der Waals surface area contributed by atoms with Crippen LogP contribution in [0.4, 0.5) is 0 Å². The Bertz CT molecular complexity index is 716. The average Bonchev–Trinajstić information content (AvgIpc) is 2.63. The van der Waals surface area contributed by atoms with Gasteiger partial charge in [0.1, 0.15) is 23.4 Å². The molecule has 2 atom stereocenters. The minimum absolute atomic E-state index is 0.0135. The van der Waals surface area contributed by atoms with Crippen molar-refractivity contribution in [2.75, 3.05) is 6.61 Å². The van der Waals surface area contributed by atoms with E-state index in [0.717, 1.165) is 5.75 Å². The Kier molecular flexibility index (Phi) is 7.02. The molecule has 0 aliphatic heterocycles. The summed E-state index contributed by atoms with van der Waals surface area (Å²) in [4.78, 5) is 0. The summed E-state index contributed by atoms with van der Waals surface area (Å²) in [6.07, 6.45) is 1.03. The molecule has 0 fully saturated rings. The Balaban J connectivity index is 2.05. The van der Waals surface area contributed by atoms with Gasteiger partial charge < -0.3 is 20.9 Å². The molecule has 0 heterocycles. The Morgan fingerprint density at radius 2 is 1.62 bits per heavy atom. The van der Waals surface area contributed by atoms with Crippen molar-refractivity contribution in [1.29, 1.82) is 10.8 Å². The zero-order valence-corrected chi connectivity index (χ0v) is 14.9. The molecule has 138 valence electrons. The zero-order chi connectivity index (χ0) is 18.9. The van der Waals surface area contributed by atoms with Gasteiger partial charge in [0.25, 0.3) is 0 Å². The van der Waals surface area contributed by atoms with E-state index in [4.69, 9.17) is 31.8 Å². The summed E-state index contributed by atoms with van der Waals surface area (Å²) in [5.41, 5.74) is 11.9. The van der Waals surface area contributed by atoms with E-state index in [1.165, 1.54) is 0 Å². The first-order valence-corrected chi connectivity index (χ1v) is 8.64. The van der Waals surface area contributed by atoms with E-state index in [-0.39, 0.29) is 23.7 Å². The SMILES string of the molecule is CCC(C(=N)N)C(CCOc1ccccc1)Oc1ccc(C(=N)N)cc1. The highest BCUT2D eigenvalue weighted by Crippen LogP contribution is 2.22. The minimum Gasteiger partial charge on any atom is -0.493 e. The van der Waals surface area contributed by atoms with Gasteiger partial charge in [-0.2, -0.15) is 0 Å². The van der Waals surface area contributed by atoms with Crippen molar-refractivity contribution in [3.63, 3.8) is 0 Å². The van der Waals surface area contributed by atoms with Crippen LogP contribution in [-0.4, -0.2) is 24.4 Å². The smallest absolute Gasteiger partial charge is 0.122 e. The molecule has 6 N–H and O–H groups in total. The number of para-hydroxylation sites is 1. The van der Waals surface area contributed by atoms with Crippen LogP contribution in [0.3, 0.4) is 0 Å². The topological polar surface area (TPSA) is 118 Å². The molecule has 6 heteroatoms. The van der Waals surface area contributed by atoms with Gasteiger partial charge in [-0.1, -0.05) is 25.1 Å². The van der Waals surface area contributed by atoms with Crippen molar-refractivity contribution in [1.82, 2.24) is 0 Å². The second-order valence-electron chi connectivity index (χ2n) is 6.01. The van der Waals surface area contributed by atoms with Crippen LogP contribution in [0.25, 0.3) is 0 Å². The van der Waals surface area contributed by atoms with Crippen LogP contribution >= 0.6 is 0 Å². The summed E-state index contributed by atoms with van der Waals surface area (Å²) in [5, 5.41) is 15.3. The van der Waals surface area contributed by atoms with Crippen LogP contribution in [0.1, 0.15) is 25.3 Å². The summed E-state index contributed by atoms with van der Waals surface area (Å²) < 4.78 is 11.9. The molecule has 0 aromatic heterocycles. The van der Waals surface area contributed by atoms with Gasteiger partial charge in [0.2, 0.25) is 0 Å². The molecule has 0 spiro atoms. The number of nitrogens with one attached hydrogen (secondary N) is 2. The maximum atomic E-state index is 7.85. The molecule has 0 aliphatic rings. The summed E-state index contributed by atoms with van der Waals surface area (Å²) in [6, 6.07) is 16.6. The van der Waals surface area contributed by atoms with E-state index in [1.54, 1.807) is 24.3 Å². The normalized spacial score (nSPS) is 12.8. The quantitative estimate of drug-likeness (QED) is 0.387. The van der Waals surface area contributed by atoms with E-state index >= 15 is 0 Å². The largest absolute Gasteiger partial charge is 0.493 e. The summed E-state index contributed by atoms with van der Waals surface area (Å²) in [7, 11) is 0. The molecule has 0 saturated heterocycles. The third kappa shape index (κ3) is 5.51. The van der Waals surface area contributed by atoms with Gasteiger partial charge >= 0.3 is 0 Å². The zero-order valence-electron chi connectivity index (χ0n) is 14.9. The van der Waals surface area contributed by atoms with Gasteiger partial charge in [-0.05, 0) is 42.8 Å². The monoisotopic (exact) mass is 354 g/mol. The molecular formula is C20H26N4O2. The summed E-state index contributed by atoms with van der Waals surface area (Å²) >= 11 is 0. The number of ether oxygens (including phenoxy) is 2. The van der Waals surface area contributed by atoms with Crippen LogP contribution < -0.4 is 20.9 Å². The maximum Gasteiger partial charge on any atom is 0.122 e. The van der Waals surface area contributed by atoms with E-state index < -0.39 is 0 Å². The molecule has 2 unspecified atom stereocenters. The fraction of sp³-hybridized carbons (Fsp3) is 0.300. The highest BCUT2D eigenvalue weighted by molar-refractivity contribution is 5.94. The van der Waals surface area contributed by atoms with Crippen molar-refractivity contribution >= 4 is 11.7 Å². The fourth-order valence-corrected chi connectivity index (χ4v) is 2.72. The second-order valence-corrected chi connectivity index (χ2v) is 6.01. The first-order chi connectivity index (χ1) is 12.5. The molecule has 2 rings (SSSR count). The number of amidine groups is 2. The van der Waals surface area contributed by atoms with Crippen LogP contribution in [-0.2, 0) is 0 Å². The van der Waals surface area contributed by atoms with E-state index in [0.29, 0.717) is 30.8 Å². The first kappa shape index (κ1) is 19.3. The third-order valence-corrected chi connectivity index (χ3v) is 4.16. The van der Waals surface area contributed by atoms with E-state index in [9.17, 15) is 0 Å². The maximum absolute atomic E-state index is 7.85. The first-order valence-electron chi connectivity index (χ1n) is 8.64. The third-order valence-electron chi connectivity index (χ3n) is 4.16. The molecule has 2 aromatic rings. The Morgan fingerprint density at radius 3 is 2.15 bits per heavy atom. The lowest BCUT2D eigenvalue weighted by Crippen LogP contribution is -2.37. The highest BCUT2D eigenvalue weighted by Gasteiger charge is 2.24. The molecule has 2 aromatic carbocycles. The molecular weight excluding hydrogens is 328 g/mol. The number of rotatable bonds is 10. The van der Waals surface area contributed by atoms with Crippen LogP contribution in [0.5, 0.6) is 11.5 Å².